The maximum absolute atomic E-state index is 12.2. The van der Waals surface area contributed by atoms with Crippen LogP contribution in [0.15, 0.2) is 59.0 Å². The summed E-state index contributed by atoms with van der Waals surface area (Å²) in [6.07, 6.45) is 0. The van der Waals surface area contributed by atoms with E-state index in [4.69, 9.17) is 4.42 Å². The Balaban J connectivity index is 1.60. The molecule has 0 bridgehead atoms. The van der Waals surface area contributed by atoms with E-state index in [2.05, 4.69) is 16.0 Å². The van der Waals surface area contributed by atoms with Crippen LogP contribution in [0, 0.1) is 0 Å². The third-order valence-corrected chi connectivity index (χ3v) is 3.96. The molecule has 0 unspecified atom stereocenters. The van der Waals surface area contributed by atoms with Crippen LogP contribution in [0.5, 0.6) is 0 Å². The normalized spacial score (nSPS) is 11.8. The summed E-state index contributed by atoms with van der Waals surface area (Å²) in [5.74, 6) is 0.551. The first-order chi connectivity index (χ1) is 12.6. The van der Waals surface area contributed by atoms with E-state index in [-0.39, 0.29) is 18.0 Å². The van der Waals surface area contributed by atoms with Gasteiger partial charge in [0.25, 0.3) is 5.91 Å². The Bertz CT molecular complexity index is 882. The molecule has 26 heavy (non-hydrogen) atoms. The summed E-state index contributed by atoms with van der Waals surface area (Å²) in [7, 11) is 0. The smallest absolute Gasteiger partial charge is 0.319 e. The van der Waals surface area contributed by atoms with Crippen molar-refractivity contribution in [1.29, 1.82) is 0 Å². The minimum Gasteiger partial charge on any atom is -0.459 e. The van der Waals surface area contributed by atoms with Crippen molar-refractivity contribution in [1.82, 2.24) is 10.6 Å². The topological polar surface area (TPSA) is 83.4 Å². The molecule has 1 heterocycles. The molecule has 1 atom stereocenters. The molecule has 0 aliphatic rings. The van der Waals surface area contributed by atoms with Crippen LogP contribution >= 0.6 is 0 Å². The lowest BCUT2D eigenvalue weighted by atomic mass is 10.2. The number of rotatable bonds is 5. The van der Waals surface area contributed by atoms with E-state index in [9.17, 15) is 9.59 Å². The van der Waals surface area contributed by atoms with Gasteiger partial charge in [0.05, 0.1) is 6.04 Å². The molecule has 3 rings (SSSR count). The predicted octanol–water partition coefficient (Wildman–Crippen LogP) is 4.07. The second kappa shape index (κ2) is 7.74. The van der Waals surface area contributed by atoms with Crippen molar-refractivity contribution < 1.29 is 14.0 Å². The minimum atomic E-state index is -0.344. The van der Waals surface area contributed by atoms with E-state index in [1.54, 1.807) is 24.3 Å². The first-order valence-electron chi connectivity index (χ1n) is 8.51. The summed E-state index contributed by atoms with van der Waals surface area (Å²) in [5, 5.41) is 9.32. The molecule has 3 aromatic rings. The van der Waals surface area contributed by atoms with E-state index < -0.39 is 0 Å². The summed E-state index contributed by atoms with van der Waals surface area (Å²) >= 11 is 0. The largest absolute Gasteiger partial charge is 0.459 e. The number of hydrogen-bond donors (Lipinski definition) is 3. The number of fused-ring (bicyclic) bond motifs is 1. The summed E-state index contributed by atoms with van der Waals surface area (Å²) in [6, 6.07) is 15.7. The highest BCUT2D eigenvalue weighted by molar-refractivity contribution is 5.95. The van der Waals surface area contributed by atoms with Gasteiger partial charge in [-0.2, -0.15) is 0 Å². The Kier molecular flexibility index (Phi) is 5.22. The zero-order valence-corrected chi connectivity index (χ0v) is 14.7. The molecule has 2 aromatic carbocycles. The number of carbonyl (C=O) groups excluding carboxylic acids is 2. The van der Waals surface area contributed by atoms with Crippen molar-refractivity contribution in [3.8, 4) is 0 Å². The number of amides is 3. The highest BCUT2D eigenvalue weighted by Crippen LogP contribution is 2.23. The molecule has 1 aromatic heterocycles. The first kappa shape index (κ1) is 17.5. The van der Waals surface area contributed by atoms with Crippen LogP contribution in [0.2, 0.25) is 0 Å². The number of carbonyl (C=O) groups is 2. The molecule has 3 amide bonds. The number of para-hydroxylation sites is 1. The van der Waals surface area contributed by atoms with Crippen molar-refractivity contribution in [3.05, 3.63) is 65.9 Å². The monoisotopic (exact) mass is 351 g/mol. The zero-order valence-electron chi connectivity index (χ0n) is 14.7. The van der Waals surface area contributed by atoms with Gasteiger partial charge in [0.1, 0.15) is 11.3 Å². The van der Waals surface area contributed by atoms with Crippen molar-refractivity contribution >= 4 is 28.6 Å². The maximum atomic E-state index is 12.2. The quantitative estimate of drug-likeness (QED) is 0.648. The third-order valence-electron chi connectivity index (χ3n) is 3.96. The average Bonchev–Trinajstić information content (AvgIpc) is 3.07. The van der Waals surface area contributed by atoms with Gasteiger partial charge in [0, 0.05) is 23.2 Å². The maximum Gasteiger partial charge on any atom is 0.319 e. The minimum absolute atomic E-state index is 0.137. The lowest BCUT2D eigenvalue weighted by Crippen LogP contribution is -2.31. The van der Waals surface area contributed by atoms with Gasteiger partial charge < -0.3 is 20.4 Å². The lowest BCUT2D eigenvalue weighted by Gasteiger charge is -2.12. The summed E-state index contributed by atoms with van der Waals surface area (Å²) in [4.78, 5) is 23.9. The van der Waals surface area contributed by atoms with E-state index in [0.29, 0.717) is 23.6 Å². The molecule has 0 fully saturated rings. The molecule has 134 valence electrons. The molecule has 6 heteroatoms. The Hall–Kier alpha value is -3.28. The highest BCUT2D eigenvalue weighted by atomic mass is 16.3. The molecule has 0 radical (unpaired) electrons. The van der Waals surface area contributed by atoms with Gasteiger partial charge in [-0.05, 0) is 50.2 Å². The van der Waals surface area contributed by atoms with E-state index in [1.165, 1.54) is 0 Å². The van der Waals surface area contributed by atoms with Crippen molar-refractivity contribution in [2.45, 2.75) is 19.9 Å². The highest BCUT2D eigenvalue weighted by Gasteiger charge is 2.14. The van der Waals surface area contributed by atoms with Gasteiger partial charge in [0.2, 0.25) is 0 Å². The van der Waals surface area contributed by atoms with Gasteiger partial charge in [0.15, 0.2) is 0 Å². The van der Waals surface area contributed by atoms with Crippen LogP contribution in [0.25, 0.3) is 11.0 Å². The van der Waals surface area contributed by atoms with E-state index in [0.717, 1.165) is 11.0 Å². The van der Waals surface area contributed by atoms with Crippen LogP contribution in [-0.4, -0.2) is 18.5 Å². The fourth-order valence-corrected chi connectivity index (χ4v) is 2.62. The molecule has 0 saturated heterocycles. The van der Waals surface area contributed by atoms with Gasteiger partial charge in [-0.25, -0.2) is 4.79 Å². The molecule has 0 aliphatic carbocycles. The Morgan fingerprint density at radius 1 is 1.08 bits per heavy atom. The summed E-state index contributed by atoms with van der Waals surface area (Å²) in [5.41, 5.74) is 1.94. The summed E-state index contributed by atoms with van der Waals surface area (Å²) < 4.78 is 5.76. The van der Waals surface area contributed by atoms with Gasteiger partial charge in [-0.3, -0.25) is 4.79 Å². The first-order valence-corrected chi connectivity index (χ1v) is 8.51. The molecule has 0 spiro atoms. The molecule has 3 N–H and O–H groups in total. The third kappa shape index (κ3) is 4.03. The average molecular weight is 351 g/mol. The van der Waals surface area contributed by atoms with Crippen LogP contribution in [0.3, 0.4) is 0 Å². The standard InChI is InChI=1S/C20H21N3O3/c1-3-21-19(24)14-8-10-16(11-9-14)23-20(25)22-13(2)18-12-15-6-4-5-7-17(15)26-18/h4-13H,3H2,1-2H3,(H,21,24)(H2,22,23,25)/t13-/m1/s1. The van der Waals surface area contributed by atoms with Crippen LogP contribution in [-0.2, 0) is 0 Å². The number of urea groups is 1. The zero-order chi connectivity index (χ0) is 18.5. The second-order valence-corrected chi connectivity index (χ2v) is 5.94. The number of benzene rings is 2. The molecule has 0 aliphatic heterocycles. The van der Waals surface area contributed by atoms with Gasteiger partial charge >= 0.3 is 6.03 Å². The van der Waals surface area contributed by atoms with E-state index in [1.807, 2.05) is 44.2 Å². The van der Waals surface area contributed by atoms with Crippen molar-refractivity contribution in [3.63, 3.8) is 0 Å². The fraction of sp³-hybridized carbons (Fsp3) is 0.200. The number of hydrogen-bond acceptors (Lipinski definition) is 3. The SMILES string of the molecule is CCNC(=O)c1ccc(NC(=O)N[C@H](C)c2cc3ccccc3o2)cc1. The molecular formula is C20H21N3O3. The number of furan rings is 1. The summed E-state index contributed by atoms with van der Waals surface area (Å²) in [6.45, 7) is 4.29. The Morgan fingerprint density at radius 3 is 2.50 bits per heavy atom. The second-order valence-electron chi connectivity index (χ2n) is 5.94. The van der Waals surface area contributed by atoms with Gasteiger partial charge in [-0.15, -0.1) is 0 Å². The Morgan fingerprint density at radius 2 is 1.81 bits per heavy atom. The lowest BCUT2D eigenvalue weighted by molar-refractivity contribution is 0.0956. The van der Waals surface area contributed by atoms with Crippen LogP contribution in [0.1, 0.15) is 36.0 Å². The molecule has 6 nitrogen and oxygen atoms in total. The van der Waals surface area contributed by atoms with Crippen molar-refractivity contribution in [2.24, 2.45) is 0 Å². The van der Waals surface area contributed by atoms with Crippen molar-refractivity contribution in [2.75, 3.05) is 11.9 Å². The predicted molar refractivity (Wildman–Crippen MR) is 101 cm³/mol. The fourth-order valence-electron chi connectivity index (χ4n) is 2.62. The number of anilines is 1. The Labute approximate surface area is 151 Å². The molecular weight excluding hydrogens is 330 g/mol. The molecule has 0 saturated carbocycles. The van der Waals surface area contributed by atoms with Crippen LogP contribution in [0.4, 0.5) is 10.5 Å². The number of nitrogens with one attached hydrogen (secondary N) is 3. The van der Waals surface area contributed by atoms with E-state index >= 15 is 0 Å². The van der Waals surface area contributed by atoms with Gasteiger partial charge in [-0.1, -0.05) is 18.2 Å². The van der Waals surface area contributed by atoms with Crippen LogP contribution < -0.4 is 16.0 Å².